The minimum atomic E-state index is -0.492. The van der Waals surface area contributed by atoms with Gasteiger partial charge in [0, 0.05) is 5.39 Å². The number of carbonyl (C=O) groups is 3. The van der Waals surface area contributed by atoms with Gasteiger partial charge in [0.2, 0.25) is 0 Å². The number of rotatable bonds is 8. The lowest BCUT2D eigenvalue weighted by molar-refractivity contribution is -0.142. The zero-order valence-corrected chi connectivity index (χ0v) is 20.6. The second kappa shape index (κ2) is 10.8. The van der Waals surface area contributed by atoms with Crippen LogP contribution in [0.15, 0.2) is 70.0 Å². The summed E-state index contributed by atoms with van der Waals surface area (Å²) in [5.41, 5.74) is 0.704. The fraction of sp³-hybridized carbons (Fsp3) is 0.160. The molecule has 34 heavy (non-hydrogen) atoms. The van der Waals surface area contributed by atoms with Gasteiger partial charge in [-0.3, -0.25) is 14.5 Å². The summed E-state index contributed by atoms with van der Waals surface area (Å²) in [5, 5.41) is 1.69. The Kier molecular flexibility index (Phi) is 7.54. The summed E-state index contributed by atoms with van der Waals surface area (Å²) in [6, 6.07) is 18.8. The number of methoxy groups -OCH3 is 1. The Balaban J connectivity index is 1.39. The van der Waals surface area contributed by atoms with Gasteiger partial charge in [0.25, 0.3) is 11.1 Å². The van der Waals surface area contributed by atoms with Crippen LogP contribution in [0.5, 0.6) is 11.5 Å². The number of hydrogen-bond donors (Lipinski definition) is 0. The SMILES string of the molecule is COC(=O)COc1ccc(/C=C2\SC(=O)N(CCOc3cccc4ccccc34)C2=O)cc1Br. The molecule has 4 rings (SSSR count). The summed E-state index contributed by atoms with van der Waals surface area (Å²) < 4.78 is 16.4. The van der Waals surface area contributed by atoms with E-state index in [9.17, 15) is 14.4 Å². The van der Waals surface area contributed by atoms with E-state index in [0.29, 0.717) is 26.4 Å². The normalized spacial score (nSPS) is 14.6. The van der Waals surface area contributed by atoms with E-state index in [0.717, 1.165) is 22.5 Å². The topological polar surface area (TPSA) is 82.1 Å². The van der Waals surface area contributed by atoms with Gasteiger partial charge in [-0.05, 0) is 62.9 Å². The number of esters is 1. The molecule has 0 radical (unpaired) electrons. The van der Waals surface area contributed by atoms with Crippen LogP contribution in [0, 0.1) is 0 Å². The highest BCUT2D eigenvalue weighted by Crippen LogP contribution is 2.34. The van der Waals surface area contributed by atoms with E-state index >= 15 is 0 Å². The molecule has 1 heterocycles. The van der Waals surface area contributed by atoms with Gasteiger partial charge in [-0.15, -0.1) is 0 Å². The van der Waals surface area contributed by atoms with Gasteiger partial charge >= 0.3 is 5.97 Å². The van der Waals surface area contributed by atoms with Gasteiger partial charge in [0.05, 0.1) is 23.0 Å². The van der Waals surface area contributed by atoms with Crippen LogP contribution in [0.4, 0.5) is 4.79 Å². The van der Waals surface area contributed by atoms with Crippen molar-refractivity contribution in [3.8, 4) is 11.5 Å². The Morgan fingerprint density at radius 2 is 1.82 bits per heavy atom. The van der Waals surface area contributed by atoms with Crippen molar-refractivity contribution in [1.29, 1.82) is 0 Å². The van der Waals surface area contributed by atoms with Crippen LogP contribution in [-0.4, -0.2) is 48.9 Å². The smallest absolute Gasteiger partial charge is 0.343 e. The van der Waals surface area contributed by atoms with Crippen LogP contribution in [0.3, 0.4) is 0 Å². The van der Waals surface area contributed by atoms with E-state index in [1.165, 1.54) is 12.0 Å². The summed E-state index contributed by atoms with van der Waals surface area (Å²) in [6.45, 7) is 0.126. The monoisotopic (exact) mass is 541 g/mol. The number of benzene rings is 3. The van der Waals surface area contributed by atoms with Crippen molar-refractivity contribution in [2.75, 3.05) is 26.9 Å². The lowest BCUT2D eigenvalue weighted by atomic mass is 10.1. The van der Waals surface area contributed by atoms with Gasteiger partial charge in [0.1, 0.15) is 18.1 Å². The lowest BCUT2D eigenvalue weighted by Gasteiger charge is -2.14. The molecule has 0 atom stereocenters. The first-order chi connectivity index (χ1) is 16.5. The van der Waals surface area contributed by atoms with E-state index in [1.807, 2.05) is 42.5 Å². The summed E-state index contributed by atoms with van der Waals surface area (Å²) >= 11 is 4.28. The van der Waals surface area contributed by atoms with Gasteiger partial charge in [0.15, 0.2) is 6.61 Å². The number of fused-ring (bicyclic) bond motifs is 1. The zero-order chi connectivity index (χ0) is 24.1. The van der Waals surface area contributed by atoms with Gasteiger partial charge in [-0.1, -0.05) is 42.5 Å². The summed E-state index contributed by atoms with van der Waals surface area (Å²) in [6.07, 6.45) is 1.64. The number of carbonyl (C=O) groups excluding carboxylic acids is 3. The molecule has 0 unspecified atom stereocenters. The van der Waals surface area contributed by atoms with Gasteiger partial charge in [-0.2, -0.15) is 0 Å². The van der Waals surface area contributed by atoms with Crippen molar-refractivity contribution in [3.63, 3.8) is 0 Å². The van der Waals surface area contributed by atoms with Crippen molar-refractivity contribution in [1.82, 2.24) is 4.90 Å². The standard InChI is InChI=1S/C25H20BrNO6S/c1-31-23(28)15-33-21-10-9-16(13-19(21)26)14-22-24(29)27(25(30)34-22)11-12-32-20-8-4-6-17-5-2-3-7-18(17)20/h2-10,13-14H,11-12,15H2,1H3/b22-14-. The molecule has 9 heteroatoms. The number of amides is 2. The van der Waals surface area contributed by atoms with Crippen molar-refractivity contribution in [2.24, 2.45) is 0 Å². The zero-order valence-electron chi connectivity index (χ0n) is 18.2. The van der Waals surface area contributed by atoms with Crippen LogP contribution in [0.2, 0.25) is 0 Å². The fourth-order valence-electron chi connectivity index (χ4n) is 3.33. The summed E-state index contributed by atoms with van der Waals surface area (Å²) in [5.74, 6) is 0.314. The predicted molar refractivity (Wildman–Crippen MR) is 134 cm³/mol. The minimum Gasteiger partial charge on any atom is -0.491 e. The maximum atomic E-state index is 12.8. The van der Waals surface area contributed by atoms with E-state index in [-0.39, 0.29) is 30.9 Å². The quantitative estimate of drug-likeness (QED) is 0.283. The fourth-order valence-corrected chi connectivity index (χ4v) is 4.71. The molecule has 0 spiro atoms. The molecular formula is C25H20BrNO6S. The first kappa shape index (κ1) is 23.8. The molecule has 0 N–H and O–H groups in total. The Bertz CT molecular complexity index is 1290. The number of hydrogen-bond acceptors (Lipinski definition) is 7. The van der Waals surface area contributed by atoms with Crippen LogP contribution >= 0.6 is 27.7 Å². The Morgan fingerprint density at radius 3 is 2.62 bits per heavy atom. The van der Waals surface area contributed by atoms with Crippen molar-refractivity contribution >= 4 is 61.7 Å². The highest BCUT2D eigenvalue weighted by molar-refractivity contribution is 9.10. The second-order valence-electron chi connectivity index (χ2n) is 7.21. The third kappa shape index (κ3) is 5.43. The molecule has 1 saturated heterocycles. The number of imide groups is 1. The Hall–Kier alpha value is -3.30. The van der Waals surface area contributed by atoms with E-state index in [4.69, 9.17) is 9.47 Å². The largest absolute Gasteiger partial charge is 0.491 e. The van der Waals surface area contributed by atoms with E-state index < -0.39 is 5.97 Å². The van der Waals surface area contributed by atoms with Gasteiger partial charge in [-0.25, -0.2) is 4.79 Å². The van der Waals surface area contributed by atoms with Crippen molar-refractivity contribution in [3.05, 3.63) is 75.6 Å². The molecule has 0 saturated carbocycles. The highest BCUT2D eigenvalue weighted by atomic mass is 79.9. The molecule has 0 bridgehead atoms. The van der Waals surface area contributed by atoms with Gasteiger partial charge < -0.3 is 14.2 Å². The molecule has 7 nitrogen and oxygen atoms in total. The predicted octanol–water partition coefficient (Wildman–Crippen LogP) is 5.27. The Morgan fingerprint density at radius 1 is 1.03 bits per heavy atom. The average molecular weight is 542 g/mol. The molecule has 174 valence electrons. The number of nitrogens with zero attached hydrogens (tertiary/aromatic N) is 1. The molecular weight excluding hydrogens is 522 g/mol. The van der Waals surface area contributed by atoms with Crippen LogP contribution < -0.4 is 9.47 Å². The number of thioether (sulfide) groups is 1. The maximum absolute atomic E-state index is 12.8. The Labute approximate surface area is 208 Å². The summed E-state index contributed by atoms with van der Waals surface area (Å²) in [7, 11) is 1.28. The van der Waals surface area contributed by atoms with E-state index in [1.54, 1.807) is 24.3 Å². The molecule has 3 aromatic rings. The highest BCUT2D eigenvalue weighted by Gasteiger charge is 2.34. The van der Waals surface area contributed by atoms with E-state index in [2.05, 4.69) is 20.7 Å². The number of ether oxygens (including phenoxy) is 3. The van der Waals surface area contributed by atoms with Crippen molar-refractivity contribution < 1.29 is 28.6 Å². The molecule has 0 aliphatic carbocycles. The van der Waals surface area contributed by atoms with Crippen LogP contribution in [-0.2, 0) is 14.3 Å². The second-order valence-corrected chi connectivity index (χ2v) is 9.06. The van der Waals surface area contributed by atoms with Crippen LogP contribution in [0.1, 0.15) is 5.56 Å². The molecule has 1 fully saturated rings. The molecule has 1 aliphatic heterocycles. The third-order valence-electron chi connectivity index (χ3n) is 5.02. The first-order valence-corrected chi connectivity index (χ1v) is 11.9. The first-order valence-electron chi connectivity index (χ1n) is 10.3. The van der Waals surface area contributed by atoms with Crippen LogP contribution in [0.25, 0.3) is 16.8 Å². The summed E-state index contributed by atoms with van der Waals surface area (Å²) in [4.78, 5) is 38.0. The lowest BCUT2D eigenvalue weighted by Crippen LogP contribution is -2.32. The molecule has 2 amide bonds. The molecule has 1 aliphatic rings. The maximum Gasteiger partial charge on any atom is 0.343 e. The third-order valence-corrected chi connectivity index (χ3v) is 6.55. The van der Waals surface area contributed by atoms with Crippen molar-refractivity contribution in [2.45, 2.75) is 0 Å². The number of halogens is 1. The molecule has 3 aromatic carbocycles. The minimum absolute atomic E-state index is 0.148. The average Bonchev–Trinajstić information content (AvgIpc) is 3.10. The molecule has 0 aromatic heterocycles.